The predicted octanol–water partition coefficient (Wildman–Crippen LogP) is 2.23. The lowest BCUT2D eigenvalue weighted by molar-refractivity contribution is -0.125. The van der Waals surface area contributed by atoms with Gasteiger partial charge in [0.15, 0.2) is 0 Å². The molecule has 0 fully saturated rings. The van der Waals surface area contributed by atoms with E-state index in [9.17, 15) is 4.79 Å². The first-order valence-electron chi connectivity index (χ1n) is 7.88. The zero-order valence-corrected chi connectivity index (χ0v) is 14.1. The number of carbonyl (C=O) groups excluding carboxylic acids is 1. The van der Waals surface area contributed by atoms with Crippen LogP contribution in [0.1, 0.15) is 32.4 Å². The Morgan fingerprint density at radius 3 is 2.59 bits per heavy atom. The maximum Gasteiger partial charge on any atom is 0.246 e. The molecule has 5 nitrogen and oxygen atoms in total. The number of nitrogens with zero attached hydrogens (tertiary/aromatic N) is 1. The van der Waals surface area contributed by atoms with Gasteiger partial charge in [0.05, 0.1) is 13.2 Å². The number of hydrogen-bond acceptors (Lipinski definition) is 4. The Hall–Kier alpha value is -1.59. The normalized spacial score (nSPS) is 12.2. The molecule has 0 aromatic heterocycles. The molecular weight excluding hydrogens is 280 g/mol. The summed E-state index contributed by atoms with van der Waals surface area (Å²) in [6, 6.07) is 8.12. The first-order valence-corrected chi connectivity index (χ1v) is 7.88. The molecule has 0 aliphatic rings. The Kier molecular flexibility index (Phi) is 8.55. The molecule has 1 aromatic carbocycles. The van der Waals surface area contributed by atoms with Crippen LogP contribution in [0.15, 0.2) is 24.3 Å². The highest BCUT2D eigenvalue weighted by Gasteiger charge is 2.19. The van der Waals surface area contributed by atoms with Gasteiger partial charge in [-0.2, -0.15) is 0 Å². The van der Waals surface area contributed by atoms with Crippen molar-refractivity contribution in [3.63, 3.8) is 0 Å². The number of methoxy groups -OCH3 is 1. The van der Waals surface area contributed by atoms with Crippen molar-refractivity contribution in [3.05, 3.63) is 29.8 Å². The summed E-state index contributed by atoms with van der Waals surface area (Å²) in [4.78, 5) is 14.1. The third-order valence-electron chi connectivity index (χ3n) is 3.66. The summed E-state index contributed by atoms with van der Waals surface area (Å²) in [6.45, 7) is 9.17. The molecule has 0 aliphatic carbocycles. The van der Waals surface area contributed by atoms with Crippen LogP contribution in [0.4, 0.5) is 0 Å². The van der Waals surface area contributed by atoms with Crippen molar-refractivity contribution < 1.29 is 14.3 Å². The van der Waals surface area contributed by atoms with Gasteiger partial charge in [-0.1, -0.05) is 26.0 Å². The summed E-state index contributed by atoms with van der Waals surface area (Å²) in [5.41, 5.74) is 1.14. The lowest BCUT2D eigenvalue weighted by atomic mass is 10.0. The molecule has 1 amide bonds. The smallest absolute Gasteiger partial charge is 0.246 e. The summed E-state index contributed by atoms with van der Waals surface area (Å²) in [6.07, 6.45) is 0. The van der Waals surface area contributed by atoms with Crippen LogP contribution in [0, 0.1) is 0 Å². The largest absolute Gasteiger partial charge is 0.497 e. The van der Waals surface area contributed by atoms with Gasteiger partial charge in [0, 0.05) is 13.2 Å². The fourth-order valence-electron chi connectivity index (χ4n) is 2.43. The second kappa shape index (κ2) is 10.2. The van der Waals surface area contributed by atoms with Crippen LogP contribution in [0.2, 0.25) is 0 Å². The molecule has 0 radical (unpaired) electrons. The second-order valence-corrected chi connectivity index (χ2v) is 4.95. The first kappa shape index (κ1) is 18.5. The predicted molar refractivity (Wildman–Crippen MR) is 88.2 cm³/mol. The Labute approximate surface area is 133 Å². The number of carbonyl (C=O) groups is 1. The van der Waals surface area contributed by atoms with Crippen LogP contribution < -0.4 is 10.1 Å². The molecule has 0 saturated carbocycles. The van der Waals surface area contributed by atoms with Crippen molar-refractivity contribution in [2.24, 2.45) is 0 Å². The minimum atomic E-state index is -0.0816. The number of ether oxygens (including phenoxy) is 2. The lowest BCUT2D eigenvalue weighted by Crippen LogP contribution is -2.39. The summed E-state index contributed by atoms with van der Waals surface area (Å²) in [5.74, 6) is 0.747. The Morgan fingerprint density at radius 2 is 2.00 bits per heavy atom. The molecule has 124 valence electrons. The van der Waals surface area contributed by atoms with Crippen LogP contribution in [-0.2, 0) is 9.53 Å². The maximum atomic E-state index is 11.8. The topological polar surface area (TPSA) is 50.8 Å². The molecule has 1 N–H and O–H groups in total. The SMILES string of the molecule is CCOCC(=O)NCC(c1cccc(OC)c1)N(CC)CC. The zero-order valence-electron chi connectivity index (χ0n) is 14.1. The van der Waals surface area contributed by atoms with E-state index >= 15 is 0 Å². The monoisotopic (exact) mass is 308 g/mol. The van der Waals surface area contributed by atoms with Gasteiger partial charge < -0.3 is 14.8 Å². The summed E-state index contributed by atoms with van der Waals surface area (Å²) >= 11 is 0. The van der Waals surface area contributed by atoms with E-state index in [4.69, 9.17) is 9.47 Å². The highest BCUT2D eigenvalue weighted by molar-refractivity contribution is 5.77. The molecule has 0 heterocycles. The molecule has 5 heteroatoms. The third kappa shape index (κ3) is 5.66. The summed E-state index contributed by atoms with van der Waals surface area (Å²) in [5, 5.41) is 2.96. The molecule has 22 heavy (non-hydrogen) atoms. The van der Waals surface area contributed by atoms with Gasteiger partial charge in [0.25, 0.3) is 0 Å². The molecule has 1 aromatic rings. The van der Waals surface area contributed by atoms with E-state index in [0.29, 0.717) is 13.2 Å². The first-order chi connectivity index (χ1) is 10.7. The molecule has 0 saturated heterocycles. The van der Waals surface area contributed by atoms with Crippen molar-refractivity contribution in [1.82, 2.24) is 10.2 Å². The van der Waals surface area contributed by atoms with Crippen molar-refractivity contribution >= 4 is 5.91 Å². The van der Waals surface area contributed by atoms with Crippen LogP contribution in [-0.4, -0.2) is 50.8 Å². The van der Waals surface area contributed by atoms with Crippen molar-refractivity contribution in [1.29, 1.82) is 0 Å². The molecule has 0 spiro atoms. The minimum absolute atomic E-state index is 0.0816. The van der Waals surface area contributed by atoms with E-state index < -0.39 is 0 Å². The van der Waals surface area contributed by atoms with E-state index in [1.165, 1.54) is 0 Å². The van der Waals surface area contributed by atoms with Gasteiger partial charge in [-0.3, -0.25) is 9.69 Å². The summed E-state index contributed by atoms with van der Waals surface area (Å²) in [7, 11) is 1.66. The minimum Gasteiger partial charge on any atom is -0.497 e. The fourth-order valence-corrected chi connectivity index (χ4v) is 2.43. The lowest BCUT2D eigenvalue weighted by Gasteiger charge is -2.30. The third-order valence-corrected chi connectivity index (χ3v) is 3.66. The molecule has 1 unspecified atom stereocenters. The highest BCUT2D eigenvalue weighted by Crippen LogP contribution is 2.23. The van der Waals surface area contributed by atoms with Gasteiger partial charge in [0.2, 0.25) is 5.91 Å². The van der Waals surface area contributed by atoms with Crippen molar-refractivity contribution in [2.75, 3.05) is 40.0 Å². The average Bonchev–Trinajstić information content (AvgIpc) is 2.56. The van der Waals surface area contributed by atoms with Crippen molar-refractivity contribution in [3.8, 4) is 5.75 Å². The zero-order chi connectivity index (χ0) is 16.4. The van der Waals surface area contributed by atoms with Crippen LogP contribution in [0.5, 0.6) is 5.75 Å². The number of hydrogen-bond donors (Lipinski definition) is 1. The van der Waals surface area contributed by atoms with Crippen LogP contribution in [0.25, 0.3) is 0 Å². The number of amides is 1. The molecule has 0 bridgehead atoms. The van der Waals surface area contributed by atoms with Crippen LogP contribution >= 0.6 is 0 Å². The molecule has 1 rings (SSSR count). The van der Waals surface area contributed by atoms with E-state index in [-0.39, 0.29) is 18.6 Å². The van der Waals surface area contributed by atoms with Gasteiger partial charge >= 0.3 is 0 Å². The van der Waals surface area contributed by atoms with E-state index in [2.05, 4.69) is 30.1 Å². The molecule has 1 atom stereocenters. The molecule has 0 aliphatic heterocycles. The second-order valence-electron chi connectivity index (χ2n) is 4.95. The summed E-state index contributed by atoms with van der Waals surface area (Å²) < 4.78 is 10.4. The van der Waals surface area contributed by atoms with E-state index in [1.807, 2.05) is 25.1 Å². The highest BCUT2D eigenvalue weighted by atomic mass is 16.5. The fraction of sp³-hybridized carbons (Fsp3) is 0.588. The van der Waals surface area contributed by atoms with Gasteiger partial charge in [-0.25, -0.2) is 0 Å². The van der Waals surface area contributed by atoms with Crippen LogP contribution in [0.3, 0.4) is 0 Å². The van der Waals surface area contributed by atoms with E-state index in [0.717, 1.165) is 24.4 Å². The quantitative estimate of drug-likeness (QED) is 0.720. The van der Waals surface area contributed by atoms with Gasteiger partial charge in [-0.15, -0.1) is 0 Å². The Morgan fingerprint density at radius 1 is 1.27 bits per heavy atom. The van der Waals surface area contributed by atoms with Gasteiger partial charge in [-0.05, 0) is 37.7 Å². The number of benzene rings is 1. The average molecular weight is 308 g/mol. The van der Waals surface area contributed by atoms with E-state index in [1.54, 1.807) is 7.11 Å². The number of likely N-dealkylation sites (N-methyl/N-ethyl adjacent to an activating group) is 1. The Balaban J connectivity index is 2.81. The number of nitrogens with one attached hydrogen (secondary N) is 1. The van der Waals surface area contributed by atoms with Crippen molar-refractivity contribution in [2.45, 2.75) is 26.8 Å². The van der Waals surface area contributed by atoms with Gasteiger partial charge in [0.1, 0.15) is 12.4 Å². The molecular formula is C17H28N2O3. The number of rotatable bonds is 10. The standard InChI is InChI=1S/C17H28N2O3/c1-5-19(6-2)16(12-18-17(20)13-22-7-3)14-9-8-10-15(11-14)21-4/h8-11,16H,5-7,12-13H2,1-4H3,(H,18,20). The maximum absolute atomic E-state index is 11.8. The Bertz CT molecular complexity index is 447.